The van der Waals surface area contributed by atoms with E-state index in [1.54, 1.807) is 0 Å². The van der Waals surface area contributed by atoms with Crippen LogP contribution in [0, 0.1) is 0 Å². The summed E-state index contributed by atoms with van der Waals surface area (Å²) in [5.74, 6) is 0.104. The number of rotatable bonds is 5. The van der Waals surface area contributed by atoms with E-state index in [1.807, 2.05) is 6.08 Å². The van der Waals surface area contributed by atoms with Crippen LogP contribution in [-0.4, -0.2) is 18.2 Å². The fourth-order valence-corrected chi connectivity index (χ4v) is 4.56. The SMILES string of the molecule is C=CCC1(NC(=O)OCC2c3ccccc3-c3ccccc32)CCCC1. The molecule has 1 amide bonds. The highest BCUT2D eigenvalue weighted by molar-refractivity contribution is 5.79. The number of fused-ring (bicyclic) bond motifs is 3. The molecule has 1 saturated carbocycles. The average molecular weight is 347 g/mol. The fraction of sp³-hybridized carbons (Fsp3) is 0.348. The van der Waals surface area contributed by atoms with Crippen molar-refractivity contribution in [3.8, 4) is 11.1 Å². The number of carbonyl (C=O) groups excluding carboxylic acids is 1. The lowest BCUT2D eigenvalue weighted by Crippen LogP contribution is -2.46. The van der Waals surface area contributed by atoms with E-state index in [-0.39, 0.29) is 17.6 Å². The topological polar surface area (TPSA) is 38.3 Å². The van der Waals surface area contributed by atoms with Crippen molar-refractivity contribution in [2.75, 3.05) is 6.61 Å². The Bertz CT molecular complexity index is 775. The monoisotopic (exact) mass is 347 g/mol. The number of hydrogen-bond donors (Lipinski definition) is 1. The van der Waals surface area contributed by atoms with E-state index in [4.69, 9.17) is 4.74 Å². The quantitative estimate of drug-likeness (QED) is 0.734. The van der Waals surface area contributed by atoms with Crippen molar-refractivity contribution in [3.05, 3.63) is 72.3 Å². The van der Waals surface area contributed by atoms with Crippen LogP contribution in [-0.2, 0) is 4.74 Å². The van der Waals surface area contributed by atoms with Crippen LogP contribution >= 0.6 is 0 Å². The number of carbonyl (C=O) groups is 1. The molecule has 4 rings (SSSR count). The summed E-state index contributed by atoms with van der Waals surface area (Å²) < 4.78 is 5.69. The largest absolute Gasteiger partial charge is 0.449 e. The summed E-state index contributed by atoms with van der Waals surface area (Å²) in [6.45, 7) is 4.21. The van der Waals surface area contributed by atoms with Crippen LogP contribution in [0.1, 0.15) is 49.1 Å². The molecule has 2 aromatic carbocycles. The zero-order valence-corrected chi connectivity index (χ0v) is 15.0. The third kappa shape index (κ3) is 3.03. The van der Waals surface area contributed by atoms with E-state index in [1.165, 1.54) is 22.3 Å². The van der Waals surface area contributed by atoms with E-state index >= 15 is 0 Å². The Kier molecular flexibility index (Phi) is 4.54. The molecule has 0 aromatic heterocycles. The van der Waals surface area contributed by atoms with Crippen molar-refractivity contribution >= 4 is 6.09 Å². The molecule has 0 atom stereocenters. The second-order valence-corrected chi connectivity index (χ2v) is 7.43. The van der Waals surface area contributed by atoms with Gasteiger partial charge < -0.3 is 10.1 Å². The zero-order chi connectivity index (χ0) is 18.0. The molecule has 3 nitrogen and oxygen atoms in total. The minimum Gasteiger partial charge on any atom is -0.449 e. The van der Waals surface area contributed by atoms with E-state index in [0.29, 0.717) is 6.61 Å². The van der Waals surface area contributed by atoms with Gasteiger partial charge in [-0.1, -0.05) is 67.4 Å². The third-order valence-corrected chi connectivity index (χ3v) is 5.81. The molecular formula is C23H25NO2. The molecule has 3 heteroatoms. The maximum absolute atomic E-state index is 12.5. The second-order valence-electron chi connectivity index (χ2n) is 7.43. The van der Waals surface area contributed by atoms with Crippen molar-refractivity contribution in [1.82, 2.24) is 5.32 Å². The van der Waals surface area contributed by atoms with Gasteiger partial charge in [0.1, 0.15) is 6.61 Å². The molecule has 2 aliphatic rings. The molecule has 1 N–H and O–H groups in total. The Morgan fingerprint density at radius 1 is 1.08 bits per heavy atom. The molecular weight excluding hydrogens is 322 g/mol. The summed E-state index contributed by atoms with van der Waals surface area (Å²) in [6.07, 6.45) is 6.70. The second kappa shape index (κ2) is 6.99. The van der Waals surface area contributed by atoms with Gasteiger partial charge in [0.2, 0.25) is 0 Å². The lowest BCUT2D eigenvalue weighted by atomic mass is 9.93. The first-order valence-electron chi connectivity index (χ1n) is 9.46. The van der Waals surface area contributed by atoms with Crippen LogP contribution in [0.4, 0.5) is 4.79 Å². The lowest BCUT2D eigenvalue weighted by Gasteiger charge is -2.29. The number of nitrogens with one attached hydrogen (secondary N) is 1. The molecule has 2 aliphatic carbocycles. The Hall–Kier alpha value is -2.55. The molecule has 1 fully saturated rings. The van der Waals surface area contributed by atoms with Gasteiger partial charge in [0.25, 0.3) is 0 Å². The minimum absolute atomic E-state index is 0.104. The molecule has 0 spiro atoms. The van der Waals surface area contributed by atoms with Crippen molar-refractivity contribution in [1.29, 1.82) is 0 Å². The zero-order valence-electron chi connectivity index (χ0n) is 15.0. The van der Waals surface area contributed by atoms with Gasteiger partial charge in [-0.05, 0) is 41.5 Å². The van der Waals surface area contributed by atoms with Crippen LogP contribution in [0.25, 0.3) is 11.1 Å². The summed E-state index contributed by atoms with van der Waals surface area (Å²) in [4.78, 5) is 12.5. The number of amides is 1. The van der Waals surface area contributed by atoms with Crippen LogP contribution in [0.5, 0.6) is 0 Å². The highest BCUT2D eigenvalue weighted by Gasteiger charge is 2.35. The molecule has 2 aromatic rings. The van der Waals surface area contributed by atoms with Crippen molar-refractivity contribution in [2.45, 2.75) is 43.6 Å². The van der Waals surface area contributed by atoms with Crippen LogP contribution in [0.3, 0.4) is 0 Å². The average Bonchev–Trinajstić information content (AvgIpc) is 3.23. The molecule has 0 aliphatic heterocycles. The highest BCUT2D eigenvalue weighted by Crippen LogP contribution is 2.44. The lowest BCUT2D eigenvalue weighted by molar-refractivity contribution is 0.129. The smallest absolute Gasteiger partial charge is 0.407 e. The number of alkyl carbamates (subject to hydrolysis) is 1. The van der Waals surface area contributed by atoms with Gasteiger partial charge in [0.15, 0.2) is 0 Å². The van der Waals surface area contributed by atoms with Crippen LogP contribution in [0.15, 0.2) is 61.2 Å². The molecule has 0 heterocycles. The van der Waals surface area contributed by atoms with E-state index in [9.17, 15) is 4.79 Å². The van der Waals surface area contributed by atoms with Gasteiger partial charge >= 0.3 is 6.09 Å². The van der Waals surface area contributed by atoms with Gasteiger partial charge in [0.05, 0.1) is 0 Å². The third-order valence-electron chi connectivity index (χ3n) is 5.81. The first kappa shape index (κ1) is 16.9. The Balaban J connectivity index is 1.48. The Morgan fingerprint density at radius 3 is 2.23 bits per heavy atom. The Morgan fingerprint density at radius 2 is 1.65 bits per heavy atom. The summed E-state index contributed by atoms with van der Waals surface area (Å²) >= 11 is 0. The summed E-state index contributed by atoms with van der Waals surface area (Å²) in [7, 11) is 0. The first-order chi connectivity index (χ1) is 12.7. The maximum atomic E-state index is 12.5. The normalized spacial score (nSPS) is 17.4. The van der Waals surface area contributed by atoms with E-state index < -0.39 is 0 Å². The highest BCUT2D eigenvalue weighted by atomic mass is 16.5. The molecule has 0 bridgehead atoms. The molecule has 26 heavy (non-hydrogen) atoms. The predicted molar refractivity (Wildman–Crippen MR) is 104 cm³/mol. The van der Waals surface area contributed by atoms with Crippen molar-refractivity contribution in [2.24, 2.45) is 0 Å². The summed E-state index contributed by atoms with van der Waals surface area (Å²) in [5.41, 5.74) is 4.81. The van der Waals surface area contributed by atoms with Gasteiger partial charge in [-0.15, -0.1) is 6.58 Å². The van der Waals surface area contributed by atoms with Crippen molar-refractivity contribution < 1.29 is 9.53 Å². The number of benzene rings is 2. The fourth-order valence-electron chi connectivity index (χ4n) is 4.56. The van der Waals surface area contributed by atoms with Gasteiger partial charge in [-0.2, -0.15) is 0 Å². The molecule has 0 unspecified atom stereocenters. The standard InChI is InChI=1S/C23H25NO2/c1-2-13-23(14-7-8-15-23)24-22(25)26-16-21-19-11-5-3-9-17(19)18-10-4-6-12-20(18)21/h2-6,9-12,21H,1,7-8,13-16H2,(H,24,25). The summed E-state index contributed by atoms with van der Waals surface area (Å²) in [5, 5.41) is 3.13. The van der Waals surface area contributed by atoms with Gasteiger partial charge in [-0.25, -0.2) is 4.79 Å². The van der Waals surface area contributed by atoms with E-state index in [0.717, 1.165) is 32.1 Å². The van der Waals surface area contributed by atoms with Gasteiger partial charge in [-0.3, -0.25) is 0 Å². The van der Waals surface area contributed by atoms with Crippen LogP contribution < -0.4 is 5.32 Å². The van der Waals surface area contributed by atoms with Crippen molar-refractivity contribution in [3.63, 3.8) is 0 Å². The van der Waals surface area contributed by atoms with Gasteiger partial charge in [0, 0.05) is 11.5 Å². The number of ether oxygens (including phenoxy) is 1. The minimum atomic E-state index is -0.310. The van der Waals surface area contributed by atoms with Crippen LogP contribution in [0.2, 0.25) is 0 Å². The number of hydrogen-bond acceptors (Lipinski definition) is 2. The molecule has 134 valence electrons. The predicted octanol–water partition coefficient (Wildman–Crippen LogP) is 5.41. The summed E-state index contributed by atoms with van der Waals surface area (Å²) in [6, 6.07) is 16.8. The molecule has 0 radical (unpaired) electrons. The molecule has 0 saturated heterocycles. The Labute approximate surface area is 155 Å². The first-order valence-corrected chi connectivity index (χ1v) is 9.46. The maximum Gasteiger partial charge on any atom is 0.407 e. The van der Waals surface area contributed by atoms with E-state index in [2.05, 4.69) is 60.4 Å².